The second-order valence-electron chi connectivity index (χ2n) is 4.91. The van der Waals surface area contributed by atoms with Gasteiger partial charge >= 0.3 is 0 Å². The lowest BCUT2D eigenvalue weighted by Crippen LogP contribution is -1.99. The van der Waals surface area contributed by atoms with Gasteiger partial charge in [-0.05, 0) is 42.5 Å². The first kappa shape index (κ1) is 17.0. The predicted octanol–water partition coefficient (Wildman–Crippen LogP) is 3.96. The molecule has 0 spiro atoms. The topological polar surface area (TPSA) is 50.8 Å². The van der Waals surface area contributed by atoms with E-state index < -0.39 is 0 Å². The van der Waals surface area contributed by atoms with E-state index in [9.17, 15) is 0 Å². The molecule has 0 heterocycles. The number of hydrogen-bond donors (Lipinski definition) is 0. The molecule has 0 saturated heterocycles. The third-order valence-electron chi connectivity index (χ3n) is 2.90. The molecule has 22 heavy (non-hydrogen) atoms. The first-order chi connectivity index (χ1) is 10.6. The van der Waals surface area contributed by atoms with Crippen molar-refractivity contribution in [2.45, 2.75) is 6.92 Å². The van der Waals surface area contributed by atoms with Crippen molar-refractivity contribution < 1.29 is 0 Å². The van der Waals surface area contributed by atoms with Gasteiger partial charge in [-0.2, -0.15) is 10.5 Å². The maximum Gasteiger partial charge on any atom is 0.0997 e. The molecule has 0 fully saturated rings. The molecule has 0 atom stereocenters. The van der Waals surface area contributed by atoms with Crippen LogP contribution in [-0.2, 0) is 0 Å². The van der Waals surface area contributed by atoms with Gasteiger partial charge in [0.05, 0.1) is 23.3 Å². The van der Waals surface area contributed by atoms with Gasteiger partial charge in [0.15, 0.2) is 0 Å². The summed E-state index contributed by atoms with van der Waals surface area (Å²) in [5, 5.41) is 17.3. The molecule has 0 bridgehead atoms. The molecule has 110 valence electrons. The van der Waals surface area contributed by atoms with Crippen LogP contribution in [0.3, 0.4) is 0 Å². The minimum atomic E-state index is 0.709. The second kappa shape index (κ2) is 9.00. The van der Waals surface area contributed by atoms with Crippen LogP contribution in [0.25, 0.3) is 6.08 Å². The largest absolute Gasteiger partial charge is 0.383 e. The Balaban J connectivity index is 0.000000235. The highest BCUT2D eigenvalue weighted by atomic mass is 15.0. The molecule has 0 aliphatic carbocycles. The molecule has 3 heteroatoms. The first-order valence-corrected chi connectivity index (χ1v) is 6.88. The van der Waals surface area contributed by atoms with Crippen LogP contribution >= 0.6 is 0 Å². The smallest absolute Gasteiger partial charge is 0.0997 e. The average molecular weight is 289 g/mol. The van der Waals surface area contributed by atoms with Gasteiger partial charge < -0.3 is 4.90 Å². The highest BCUT2D eigenvalue weighted by molar-refractivity contribution is 5.57. The Labute approximate surface area is 132 Å². The van der Waals surface area contributed by atoms with E-state index in [0.717, 1.165) is 16.7 Å². The summed E-state index contributed by atoms with van der Waals surface area (Å²) in [7, 11) is 3.90. The maximum atomic E-state index is 8.79. The molecule has 0 aliphatic rings. The molecule has 0 N–H and O–H groups in total. The van der Waals surface area contributed by atoms with Gasteiger partial charge in [-0.25, -0.2) is 0 Å². The minimum absolute atomic E-state index is 0.709. The van der Waals surface area contributed by atoms with Gasteiger partial charge in [0.25, 0.3) is 0 Å². The normalized spacial score (nSPS) is 9.32. The fraction of sp³-hybridized carbons (Fsp3) is 0.158. The van der Waals surface area contributed by atoms with Crippen molar-refractivity contribution in [3.63, 3.8) is 0 Å². The number of rotatable bonds is 2. The van der Waals surface area contributed by atoms with Gasteiger partial charge in [-0.1, -0.05) is 36.4 Å². The van der Waals surface area contributed by atoms with E-state index in [-0.39, 0.29) is 0 Å². The van der Waals surface area contributed by atoms with Gasteiger partial charge in [-0.15, -0.1) is 0 Å². The SMILES string of the molecule is CN(C)/C=C/c1ccccc1C#N.Cc1ccccc1C#N. The van der Waals surface area contributed by atoms with Gasteiger partial charge in [0.1, 0.15) is 0 Å². The van der Waals surface area contributed by atoms with Crippen molar-refractivity contribution in [3.05, 3.63) is 77.0 Å². The standard InChI is InChI=1S/C11H12N2.C8H7N/c1-13(2)8-7-10-5-3-4-6-11(10)9-12;1-7-4-2-3-5-8(7)6-9/h3-8H,1-2H3;2-5H,1H3/b8-7+;. The van der Waals surface area contributed by atoms with Crippen molar-refractivity contribution in [1.29, 1.82) is 10.5 Å². The van der Waals surface area contributed by atoms with Gasteiger partial charge in [-0.3, -0.25) is 0 Å². The third-order valence-corrected chi connectivity index (χ3v) is 2.90. The Morgan fingerprint density at radius 2 is 1.41 bits per heavy atom. The quantitative estimate of drug-likeness (QED) is 0.841. The number of aryl methyl sites for hydroxylation is 1. The Bertz CT molecular complexity index is 716. The van der Waals surface area contributed by atoms with E-state index in [1.165, 1.54) is 0 Å². The molecule has 0 aliphatic heterocycles. The highest BCUT2D eigenvalue weighted by Gasteiger charge is 1.94. The highest BCUT2D eigenvalue weighted by Crippen LogP contribution is 2.09. The zero-order chi connectivity index (χ0) is 16.4. The summed E-state index contributed by atoms with van der Waals surface area (Å²) < 4.78 is 0. The van der Waals surface area contributed by atoms with E-state index in [0.29, 0.717) is 5.56 Å². The van der Waals surface area contributed by atoms with Crippen molar-refractivity contribution in [3.8, 4) is 12.1 Å². The second-order valence-corrected chi connectivity index (χ2v) is 4.91. The fourth-order valence-electron chi connectivity index (χ4n) is 1.67. The summed E-state index contributed by atoms with van der Waals surface area (Å²) in [5.74, 6) is 0. The molecule has 0 amide bonds. The number of nitriles is 2. The van der Waals surface area contributed by atoms with Crippen molar-refractivity contribution in [2.75, 3.05) is 14.1 Å². The lowest BCUT2D eigenvalue weighted by Gasteiger charge is -2.03. The van der Waals surface area contributed by atoms with Gasteiger partial charge in [0.2, 0.25) is 0 Å². The Morgan fingerprint density at radius 1 is 0.864 bits per heavy atom. The molecule has 0 unspecified atom stereocenters. The Hall–Kier alpha value is -3.04. The summed E-state index contributed by atoms with van der Waals surface area (Å²) >= 11 is 0. The van der Waals surface area contributed by atoms with Crippen molar-refractivity contribution in [2.24, 2.45) is 0 Å². The van der Waals surface area contributed by atoms with Gasteiger partial charge in [0, 0.05) is 14.1 Å². The van der Waals surface area contributed by atoms with Crippen LogP contribution < -0.4 is 0 Å². The summed E-state index contributed by atoms with van der Waals surface area (Å²) in [6, 6.07) is 19.3. The number of hydrogen-bond acceptors (Lipinski definition) is 3. The molecule has 2 rings (SSSR count). The molecule has 0 aromatic heterocycles. The van der Waals surface area contributed by atoms with Crippen LogP contribution in [0.15, 0.2) is 54.7 Å². The number of benzene rings is 2. The van der Waals surface area contributed by atoms with E-state index in [1.54, 1.807) is 0 Å². The molecule has 0 saturated carbocycles. The summed E-state index contributed by atoms with van der Waals surface area (Å²) in [4.78, 5) is 1.94. The molecule has 2 aromatic carbocycles. The predicted molar refractivity (Wildman–Crippen MR) is 89.8 cm³/mol. The van der Waals surface area contributed by atoms with E-state index >= 15 is 0 Å². The number of nitrogens with zero attached hydrogens (tertiary/aromatic N) is 3. The molecule has 3 nitrogen and oxygen atoms in total. The van der Waals surface area contributed by atoms with Crippen LogP contribution in [0.1, 0.15) is 22.3 Å². The fourth-order valence-corrected chi connectivity index (χ4v) is 1.67. The Morgan fingerprint density at radius 3 is 1.91 bits per heavy atom. The zero-order valence-corrected chi connectivity index (χ0v) is 13.1. The van der Waals surface area contributed by atoms with E-state index in [2.05, 4.69) is 12.1 Å². The molecule has 2 aromatic rings. The zero-order valence-electron chi connectivity index (χ0n) is 13.1. The van der Waals surface area contributed by atoms with Crippen molar-refractivity contribution >= 4 is 6.08 Å². The van der Waals surface area contributed by atoms with Crippen LogP contribution in [0.5, 0.6) is 0 Å². The monoisotopic (exact) mass is 289 g/mol. The Kier molecular flexibility index (Phi) is 6.96. The summed E-state index contributed by atoms with van der Waals surface area (Å²) in [5.41, 5.74) is 3.47. The first-order valence-electron chi connectivity index (χ1n) is 6.88. The molecule has 0 radical (unpaired) electrons. The summed E-state index contributed by atoms with van der Waals surface area (Å²) in [6.07, 6.45) is 3.86. The minimum Gasteiger partial charge on any atom is -0.383 e. The van der Waals surface area contributed by atoms with Crippen molar-refractivity contribution in [1.82, 2.24) is 4.90 Å². The molecular weight excluding hydrogens is 270 g/mol. The maximum absolute atomic E-state index is 8.79. The lowest BCUT2D eigenvalue weighted by molar-refractivity contribution is 0.567. The van der Waals surface area contributed by atoms with Crippen LogP contribution in [-0.4, -0.2) is 19.0 Å². The third kappa shape index (κ3) is 5.53. The van der Waals surface area contributed by atoms with E-state index in [4.69, 9.17) is 10.5 Å². The lowest BCUT2D eigenvalue weighted by atomic mass is 10.1. The van der Waals surface area contributed by atoms with E-state index in [1.807, 2.05) is 86.7 Å². The average Bonchev–Trinajstić information content (AvgIpc) is 2.54. The van der Waals surface area contributed by atoms with Crippen LogP contribution in [0, 0.1) is 29.6 Å². The molecular formula is C19H19N3. The van der Waals surface area contributed by atoms with Crippen LogP contribution in [0.4, 0.5) is 0 Å². The summed E-state index contributed by atoms with van der Waals surface area (Å²) in [6.45, 7) is 1.93. The van der Waals surface area contributed by atoms with Crippen LogP contribution in [0.2, 0.25) is 0 Å².